The molecule has 1 nitrogen and oxygen atoms in total. The van der Waals surface area contributed by atoms with Crippen molar-refractivity contribution >= 4 is 38.9 Å². The maximum Gasteiger partial charge on any atom is 0.124 e. The first-order valence-electron chi connectivity index (χ1n) is 4.44. The van der Waals surface area contributed by atoms with Gasteiger partial charge in [-0.05, 0) is 33.4 Å². The summed E-state index contributed by atoms with van der Waals surface area (Å²) < 4.78 is 13.7. The SMILES string of the molecule is OC(c1ccc(F)cc1Cl)c1cscc1Br. The van der Waals surface area contributed by atoms with Crippen LogP contribution in [-0.2, 0) is 0 Å². The number of hydrogen-bond acceptors (Lipinski definition) is 2. The zero-order valence-corrected chi connectivity index (χ0v) is 11.1. The number of thiophene rings is 1. The summed E-state index contributed by atoms with van der Waals surface area (Å²) in [5.74, 6) is -0.412. The lowest BCUT2D eigenvalue weighted by Gasteiger charge is -2.12. The lowest BCUT2D eigenvalue weighted by atomic mass is 10.0. The molecule has 0 aliphatic rings. The van der Waals surface area contributed by atoms with Crippen molar-refractivity contribution in [2.75, 3.05) is 0 Å². The zero-order valence-electron chi connectivity index (χ0n) is 7.95. The Morgan fingerprint density at radius 1 is 1.31 bits per heavy atom. The normalized spacial score (nSPS) is 12.8. The van der Waals surface area contributed by atoms with Crippen LogP contribution in [0.4, 0.5) is 4.39 Å². The Morgan fingerprint density at radius 3 is 2.62 bits per heavy atom. The minimum atomic E-state index is -0.839. The fourth-order valence-electron chi connectivity index (χ4n) is 1.38. The molecule has 0 bridgehead atoms. The van der Waals surface area contributed by atoms with Gasteiger partial charge in [0.05, 0.1) is 0 Å². The van der Waals surface area contributed by atoms with Crippen molar-refractivity contribution in [1.29, 1.82) is 0 Å². The topological polar surface area (TPSA) is 20.2 Å². The Balaban J connectivity index is 2.41. The molecule has 0 saturated heterocycles. The molecule has 5 heteroatoms. The van der Waals surface area contributed by atoms with Gasteiger partial charge in [0, 0.05) is 26.0 Å². The second kappa shape index (κ2) is 4.84. The van der Waals surface area contributed by atoms with Gasteiger partial charge < -0.3 is 5.11 Å². The molecular weight excluding hydrogens is 315 g/mol. The third kappa shape index (κ3) is 2.30. The van der Waals surface area contributed by atoms with E-state index in [9.17, 15) is 9.50 Å². The number of hydrogen-bond donors (Lipinski definition) is 1. The summed E-state index contributed by atoms with van der Waals surface area (Å²) in [4.78, 5) is 0. The Bertz CT molecular complexity index is 514. The first-order valence-corrected chi connectivity index (χ1v) is 6.55. The molecule has 1 unspecified atom stereocenters. The molecule has 2 aromatic rings. The van der Waals surface area contributed by atoms with Crippen LogP contribution in [0.1, 0.15) is 17.2 Å². The van der Waals surface area contributed by atoms with Gasteiger partial charge in [-0.15, -0.1) is 0 Å². The minimum Gasteiger partial charge on any atom is -0.384 e. The molecular formula is C11H7BrClFOS. The summed E-state index contributed by atoms with van der Waals surface area (Å²) in [5.41, 5.74) is 1.24. The van der Waals surface area contributed by atoms with Crippen molar-refractivity contribution in [3.63, 3.8) is 0 Å². The summed E-state index contributed by atoms with van der Waals surface area (Å²) in [6, 6.07) is 3.97. The van der Waals surface area contributed by atoms with E-state index in [1.807, 2.05) is 10.8 Å². The van der Waals surface area contributed by atoms with Crippen molar-refractivity contribution in [1.82, 2.24) is 0 Å². The smallest absolute Gasteiger partial charge is 0.124 e. The standard InChI is InChI=1S/C11H7BrClFOS/c12-9-5-16-4-8(9)11(15)7-2-1-6(14)3-10(7)13/h1-5,11,15H. The predicted octanol–water partition coefficient (Wildman–Crippen LogP) is 4.38. The maximum atomic E-state index is 12.9. The quantitative estimate of drug-likeness (QED) is 0.870. The molecule has 0 radical (unpaired) electrons. The van der Waals surface area contributed by atoms with Crippen LogP contribution in [0.15, 0.2) is 33.4 Å². The third-order valence-electron chi connectivity index (χ3n) is 2.19. The fraction of sp³-hybridized carbons (Fsp3) is 0.0909. The van der Waals surface area contributed by atoms with Crippen LogP contribution in [0.2, 0.25) is 5.02 Å². The molecule has 84 valence electrons. The van der Waals surface area contributed by atoms with Gasteiger partial charge >= 0.3 is 0 Å². The lowest BCUT2D eigenvalue weighted by Crippen LogP contribution is -2.00. The highest BCUT2D eigenvalue weighted by Gasteiger charge is 2.17. The van der Waals surface area contributed by atoms with Crippen LogP contribution in [0.5, 0.6) is 0 Å². The molecule has 2 rings (SSSR count). The van der Waals surface area contributed by atoms with E-state index in [-0.39, 0.29) is 5.02 Å². The van der Waals surface area contributed by atoms with Gasteiger partial charge in [0.25, 0.3) is 0 Å². The predicted molar refractivity (Wildman–Crippen MR) is 67.5 cm³/mol. The van der Waals surface area contributed by atoms with Crippen LogP contribution >= 0.6 is 38.9 Å². The van der Waals surface area contributed by atoms with Crippen LogP contribution in [-0.4, -0.2) is 5.11 Å². The molecule has 1 aromatic carbocycles. The van der Waals surface area contributed by atoms with Crippen molar-refractivity contribution in [2.45, 2.75) is 6.10 Å². The molecule has 0 amide bonds. The van der Waals surface area contributed by atoms with Gasteiger partial charge in [-0.2, -0.15) is 11.3 Å². The lowest BCUT2D eigenvalue weighted by molar-refractivity contribution is 0.220. The van der Waals surface area contributed by atoms with Gasteiger partial charge in [-0.25, -0.2) is 4.39 Å². The van der Waals surface area contributed by atoms with Crippen LogP contribution in [0.3, 0.4) is 0 Å². The average molecular weight is 322 g/mol. The van der Waals surface area contributed by atoms with E-state index in [0.29, 0.717) is 5.56 Å². The molecule has 0 fully saturated rings. The Hall–Kier alpha value is -0.420. The Kier molecular flexibility index (Phi) is 3.64. The maximum absolute atomic E-state index is 12.9. The van der Waals surface area contributed by atoms with Gasteiger partial charge in [-0.3, -0.25) is 0 Å². The molecule has 1 heterocycles. The highest BCUT2D eigenvalue weighted by molar-refractivity contribution is 9.10. The first kappa shape index (κ1) is 12.0. The summed E-state index contributed by atoms with van der Waals surface area (Å²) >= 11 is 10.7. The van der Waals surface area contributed by atoms with E-state index >= 15 is 0 Å². The van der Waals surface area contributed by atoms with E-state index in [1.54, 1.807) is 0 Å². The van der Waals surface area contributed by atoms with Gasteiger partial charge in [-0.1, -0.05) is 17.7 Å². The average Bonchev–Trinajstić information content (AvgIpc) is 2.63. The van der Waals surface area contributed by atoms with Crippen molar-refractivity contribution in [3.8, 4) is 0 Å². The number of aliphatic hydroxyl groups excluding tert-OH is 1. The number of rotatable bonds is 2. The van der Waals surface area contributed by atoms with Gasteiger partial charge in [0.1, 0.15) is 11.9 Å². The minimum absolute atomic E-state index is 0.227. The number of halogens is 3. The van der Waals surface area contributed by atoms with Gasteiger partial charge in [0.2, 0.25) is 0 Å². The van der Waals surface area contributed by atoms with Crippen molar-refractivity contribution in [3.05, 3.63) is 55.4 Å². The van der Waals surface area contributed by atoms with Crippen molar-refractivity contribution in [2.24, 2.45) is 0 Å². The highest BCUT2D eigenvalue weighted by atomic mass is 79.9. The second-order valence-corrected chi connectivity index (χ2v) is 5.25. The summed E-state index contributed by atoms with van der Waals surface area (Å²) in [5, 5.41) is 14.0. The van der Waals surface area contributed by atoms with E-state index in [2.05, 4.69) is 15.9 Å². The Morgan fingerprint density at radius 2 is 2.06 bits per heavy atom. The summed E-state index contributed by atoms with van der Waals surface area (Å²) in [6.45, 7) is 0. The van der Waals surface area contributed by atoms with E-state index < -0.39 is 11.9 Å². The van der Waals surface area contributed by atoms with Gasteiger partial charge in [0.15, 0.2) is 0 Å². The third-order valence-corrected chi connectivity index (χ3v) is 4.27. The zero-order chi connectivity index (χ0) is 11.7. The fourth-order valence-corrected chi connectivity index (χ4v) is 3.18. The largest absolute Gasteiger partial charge is 0.384 e. The van der Waals surface area contributed by atoms with E-state index in [0.717, 1.165) is 10.0 Å². The molecule has 1 aromatic heterocycles. The molecule has 0 spiro atoms. The second-order valence-electron chi connectivity index (χ2n) is 3.24. The Labute approximate surface area is 110 Å². The molecule has 1 N–H and O–H groups in total. The molecule has 16 heavy (non-hydrogen) atoms. The summed E-state index contributed by atoms with van der Waals surface area (Å²) in [7, 11) is 0. The first-order chi connectivity index (χ1) is 7.59. The number of aliphatic hydroxyl groups is 1. The van der Waals surface area contributed by atoms with Crippen LogP contribution < -0.4 is 0 Å². The highest BCUT2D eigenvalue weighted by Crippen LogP contribution is 2.34. The van der Waals surface area contributed by atoms with Crippen molar-refractivity contribution < 1.29 is 9.50 Å². The summed E-state index contributed by atoms with van der Waals surface area (Å²) in [6.07, 6.45) is -0.839. The van der Waals surface area contributed by atoms with Crippen LogP contribution in [0.25, 0.3) is 0 Å². The number of benzene rings is 1. The molecule has 0 aliphatic carbocycles. The molecule has 0 saturated carbocycles. The van der Waals surface area contributed by atoms with E-state index in [1.165, 1.54) is 29.5 Å². The van der Waals surface area contributed by atoms with E-state index in [4.69, 9.17) is 11.6 Å². The van der Waals surface area contributed by atoms with Crippen LogP contribution in [0, 0.1) is 5.82 Å². The molecule has 1 atom stereocenters. The molecule has 0 aliphatic heterocycles. The monoisotopic (exact) mass is 320 g/mol.